The maximum atomic E-state index is 8.90. The third kappa shape index (κ3) is 3.63. The van der Waals surface area contributed by atoms with E-state index in [-0.39, 0.29) is 19.3 Å². The minimum atomic E-state index is -0.129. The van der Waals surface area contributed by atoms with Crippen LogP contribution in [0.15, 0.2) is 0 Å². The highest BCUT2D eigenvalue weighted by Gasteiger charge is 2.20. The molecule has 0 saturated heterocycles. The predicted octanol–water partition coefficient (Wildman–Crippen LogP) is 0.508. The first-order valence-corrected chi connectivity index (χ1v) is 5.24. The highest BCUT2D eigenvalue weighted by molar-refractivity contribution is 4.79. The van der Waals surface area contributed by atoms with E-state index in [2.05, 4.69) is 12.2 Å². The summed E-state index contributed by atoms with van der Waals surface area (Å²) >= 11 is 0. The van der Waals surface area contributed by atoms with Crippen LogP contribution < -0.4 is 5.32 Å². The van der Waals surface area contributed by atoms with Gasteiger partial charge in [-0.25, -0.2) is 0 Å². The average Bonchev–Trinajstić information content (AvgIpc) is 2.14. The first kappa shape index (κ1) is 11.0. The highest BCUT2D eigenvalue weighted by Crippen LogP contribution is 2.23. The number of aliphatic hydroxyl groups is 2. The van der Waals surface area contributed by atoms with E-state index in [1.807, 2.05) is 0 Å². The number of nitrogens with one attached hydrogen (secondary N) is 1. The molecule has 0 spiro atoms. The molecule has 1 aliphatic carbocycles. The summed E-state index contributed by atoms with van der Waals surface area (Å²) < 4.78 is 0. The van der Waals surface area contributed by atoms with Gasteiger partial charge in [0.05, 0.1) is 19.3 Å². The lowest BCUT2D eigenvalue weighted by Gasteiger charge is -2.30. The Morgan fingerprint density at radius 3 is 2.54 bits per heavy atom. The Labute approximate surface area is 80.2 Å². The van der Waals surface area contributed by atoms with E-state index in [9.17, 15) is 0 Å². The zero-order valence-electron chi connectivity index (χ0n) is 8.37. The number of hydrogen-bond donors (Lipinski definition) is 3. The first-order valence-electron chi connectivity index (χ1n) is 5.24. The van der Waals surface area contributed by atoms with Gasteiger partial charge in [0.15, 0.2) is 0 Å². The van der Waals surface area contributed by atoms with Crippen molar-refractivity contribution in [3.63, 3.8) is 0 Å². The Balaban J connectivity index is 2.26. The molecule has 0 aromatic carbocycles. The Morgan fingerprint density at radius 1 is 1.31 bits per heavy atom. The van der Waals surface area contributed by atoms with Gasteiger partial charge in [-0.1, -0.05) is 19.8 Å². The van der Waals surface area contributed by atoms with Crippen molar-refractivity contribution >= 4 is 0 Å². The average molecular weight is 187 g/mol. The molecule has 13 heavy (non-hydrogen) atoms. The van der Waals surface area contributed by atoms with Gasteiger partial charge in [0, 0.05) is 6.04 Å². The normalized spacial score (nSPS) is 29.5. The van der Waals surface area contributed by atoms with Crippen LogP contribution in [0.25, 0.3) is 0 Å². The van der Waals surface area contributed by atoms with Crippen LogP contribution in [-0.4, -0.2) is 35.5 Å². The molecular weight excluding hydrogens is 166 g/mol. The standard InChI is InChI=1S/C10H21NO2/c1-8-3-2-4-9(5-8)11-10(6-12)7-13/h8-13H,2-7H2,1H3/t8-,9+/m1/s1. The molecule has 3 N–H and O–H groups in total. The molecule has 78 valence electrons. The molecule has 0 unspecified atom stereocenters. The minimum Gasteiger partial charge on any atom is -0.395 e. The van der Waals surface area contributed by atoms with Crippen LogP contribution >= 0.6 is 0 Å². The van der Waals surface area contributed by atoms with Gasteiger partial charge < -0.3 is 15.5 Å². The van der Waals surface area contributed by atoms with Gasteiger partial charge >= 0.3 is 0 Å². The van der Waals surface area contributed by atoms with E-state index in [1.54, 1.807) is 0 Å². The molecule has 0 amide bonds. The van der Waals surface area contributed by atoms with Gasteiger partial charge in [-0.2, -0.15) is 0 Å². The SMILES string of the molecule is C[C@@H]1CCC[C@H](NC(CO)CO)C1. The number of aliphatic hydroxyl groups excluding tert-OH is 2. The molecule has 0 heterocycles. The van der Waals surface area contributed by atoms with Crippen molar-refractivity contribution in [3.8, 4) is 0 Å². The maximum absolute atomic E-state index is 8.90. The van der Waals surface area contributed by atoms with E-state index >= 15 is 0 Å². The van der Waals surface area contributed by atoms with Gasteiger partial charge in [-0.05, 0) is 18.8 Å². The van der Waals surface area contributed by atoms with Crippen LogP contribution in [0.5, 0.6) is 0 Å². The largest absolute Gasteiger partial charge is 0.395 e. The van der Waals surface area contributed by atoms with Crippen LogP contribution in [0.4, 0.5) is 0 Å². The lowest BCUT2D eigenvalue weighted by molar-refractivity contribution is 0.149. The third-order valence-electron chi connectivity index (χ3n) is 2.85. The van der Waals surface area contributed by atoms with Crippen LogP contribution in [0.2, 0.25) is 0 Å². The second kappa shape index (κ2) is 5.58. The highest BCUT2D eigenvalue weighted by atomic mass is 16.3. The Hall–Kier alpha value is -0.120. The molecule has 0 bridgehead atoms. The Morgan fingerprint density at radius 2 is 2.00 bits per heavy atom. The third-order valence-corrected chi connectivity index (χ3v) is 2.85. The maximum Gasteiger partial charge on any atom is 0.0607 e. The molecule has 0 aromatic rings. The van der Waals surface area contributed by atoms with E-state index in [1.165, 1.54) is 25.7 Å². The second-order valence-electron chi connectivity index (χ2n) is 4.20. The minimum absolute atomic E-state index is 0.0291. The van der Waals surface area contributed by atoms with Crippen LogP contribution in [0.3, 0.4) is 0 Å². The van der Waals surface area contributed by atoms with Crippen molar-refractivity contribution in [2.24, 2.45) is 5.92 Å². The van der Waals surface area contributed by atoms with Gasteiger partial charge in [-0.15, -0.1) is 0 Å². The summed E-state index contributed by atoms with van der Waals surface area (Å²) in [6, 6.07) is 0.364. The Kier molecular flexibility index (Phi) is 4.70. The van der Waals surface area contributed by atoms with Crippen molar-refractivity contribution in [2.75, 3.05) is 13.2 Å². The van der Waals surface area contributed by atoms with Gasteiger partial charge in [-0.3, -0.25) is 0 Å². The lowest BCUT2D eigenvalue weighted by atomic mass is 9.87. The fraction of sp³-hybridized carbons (Fsp3) is 1.00. The molecule has 2 atom stereocenters. The van der Waals surface area contributed by atoms with Crippen molar-refractivity contribution in [3.05, 3.63) is 0 Å². The van der Waals surface area contributed by atoms with Gasteiger partial charge in [0.2, 0.25) is 0 Å². The quantitative estimate of drug-likeness (QED) is 0.601. The van der Waals surface area contributed by atoms with Gasteiger partial charge in [0.25, 0.3) is 0 Å². The van der Waals surface area contributed by atoms with Crippen LogP contribution in [-0.2, 0) is 0 Å². The molecule has 0 aliphatic heterocycles. The van der Waals surface area contributed by atoms with Crippen molar-refractivity contribution in [1.82, 2.24) is 5.32 Å². The molecule has 1 fully saturated rings. The molecule has 0 radical (unpaired) electrons. The molecule has 3 nitrogen and oxygen atoms in total. The summed E-state index contributed by atoms with van der Waals surface area (Å²) in [5.74, 6) is 0.782. The number of rotatable bonds is 4. The first-order chi connectivity index (χ1) is 6.26. The molecule has 1 aliphatic rings. The number of hydrogen-bond acceptors (Lipinski definition) is 3. The zero-order valence-corrected chi connectivity index (χ0v) is 8.37. The van der Waals surface area contributed by atoms with Crippen LogP contribution in [0, 0.1) is 5.92 Å². The van der Waals surface area contributed by atoms with Crippen molar-refractivity contribution < 1.29 is 10.2 Å². The van der Waals surface area contributed by atoms with E-state index in [0.717, 1.165) is 5.92 Å². The summed E-state index contributed by atoms with van der Waals surface area (Å²) in [5.41, 5.74) is 0. The zero-order chi connectivity index (χ0) is 9.68. The summed E-state index contributed by atoms with van der Waals surface area (Å²) in [7, 11) is 0. The molecular formula is C10H21NO2. The van der Waals surface area contributed by atoms with Crippen molar-refractivity contribution in [2.45, 2.75) is 44.7 Å². The molecule has 3 heteroatoms. The van der Waals surface area contributed by atoms with Crippen LogP contribution in [0.1, 0.15) is 32.6 Å². The van der Waals surface area contributed by atoms with E-state index in [4.69, 9.17) is 10.2 Å². The second-order valence-corrected chi connectivity index (χ2v) is 4.20. The monoisotopic (exact) mass is 187 g/mol. The Bertz CT molecular complexity index is 137. The summed E-state index contributed by atoms with van der Waals surface area (Å²) in [5, 5.41) is 21.1. The van der Waals surface area contributed by atoms with Crippen molar-refractivity contribution in [1.29, 1.82) is 0 Å². The summed E-state index contributed by atoms with van der Waals surface area (Å²) in [6.07, 6.45) is 4.95. The smallest absolute Gasteiger partial charge is 0.0607 e. The van der Waals surface area contributed by atoms with E-state index in [0.29, 0.717) is 6.04 Å². The van der Waals surface area contributed by atoms with E-state index < -0.39 is 0 Å². The fourth-order valence-corrected chi connectivity index (χ4v) is 2.08. The summed E-state index contributed by atoms with van der Waals surface area (Å²) in [4.78, 5) is 0. The predicted molar refractivity (Wildman–Crippen MR) is 52.5 cm³/mol. The molecule has 1 saturated carbocycles. The van der Waals surface area contributed by atoms with Gasteiger partial charge in [0.1, 0.15) is 0 Å². The molecule has 1 rings (SSSR count). The lowest BCUT2D eigenvalue weighted by Crippen LogP contribution is -2.44. The topological polar surface area (TPSA) is 52.5 Å². The summed E-state index contributed by atoms with van der Waals surface area (Å²) in [6.45, 7) is 2.32. The molecule has 0 aromatic heterocycles. The fourth-order valence-electron chi connectivity index (χ4n) is 2.08.